The number of carbonyl (C=O) groups excluding carboxylic acids is 3. The molecule has 6 aromatic rings. The van der Waals surface area contributed by atoms with E-state index in [0.717, 1.165) is 53.9 Å². The molecule has 8 heterocycles. The number of pyridine rings is 2. The zero-order valence-electron chi connectivity index (χ0n) is 43.1. The summed E-state index contributed by atoms with van der Waals surface area (Å²) in [5.41, 5.74) is 9.96. The number of thiazole rings is 1. The number of ether oxygens (including phenoxy) is 1. The number of fused-ring (bicyclic) bond motifs is 4. The van der Waals surface area contributed by atoms with Crippen molar-refractivity contribution in [3.63, 3.8) is 0 Å². The number of rotatable bonds is 16. The topological polar surface area (TPSA) is 217 Å². The molecule has 0 saturated carbocycles. The number of likely N-dealkylation sites (tertiary alicyclic amines) is 2. The summed E-state index contributed by atoms with van der Waals surface area (Å²) in [6.07, 6.45) is 6.08. The van der Waals surface area contributed by atoms with Gasteiger partial charge in [0.15, 0.2) is 5.82 Å². The van der Waals surface area contributed by atoms with Crippen LogP contribution in [0.4, 0.5) is 20.4 Å². The molecular formula is C55H66F2N12O5S. The predicted octanol–water partition coefficient (Wildman–Crippen LogP) is 6.86. The number of nitrogens with one attached hydrogen (secondary N) is 3. The lowest BCUT2D eigenvalue weighted by atomic mass is 9.85. The number of benzene rings is 2. The van der Waals surface area contributed by atoms with Gasteiger partial charge in [-0.2, -0.15) is 9.97 Å². The average Bonchev–Trinajstić information content (AvgIpc) is 4.20. The van der Waals surface area contributed by atoms with Crippen LogP contribution in [0.1, 0.15) is 96.4 Å². The van der Waals surface area contributed by atoms with E-state index < -0.39 is 41.1 Å². The summed E-state index contributed by atoms with van der Waals surface area (Å²) in [6.45, 7) is 12.6. The van der Waals surface area contributed by atoms with Crippen molar-refractivity contribution in [3.8, 4) is 27.8 Å². The van der Waals surface area contributed by atoms with Crippen LogP contribution >= 0.6 is 11.3 Å². The van der Waals surface area contributed by atoms with Gasteiger partial charge < -0.3 is 41.3 Å². The fraction of sp³-hybridized carbons (Fsp3) is 0.491. The molecule has 17 nitrogen and oxygen atoms in total. The zero-order chi connectivity index (χ0) is 52.7. The van der Waals surface area contributed by atoms with Crippen LogP contribution < -0.4 is 31.3 Å². The van der Waals surface area contributed by atoms with Crippen LogP contribution in [0.3, 0.4) is 0 Å². The summed E-state index contributed by atoms with van der Waals surface area (Å²) in [5.74, 6) is -1.77. The molecule has 4 saturated heterocycles. The number of nitrogen functional groups attached to an aromatic ring is 1. The fourth-order valence-electron chi connectivity index (χ4n) is 11.3. The monoisotopic (exact) mass is 1040 g/mol. The fourth-order valence-corrected chi connectivity index (χ4v) is 12.1. The molecule has 0 spiro atoms. The number of aliphatic hydroxyl groups is 1. The summed E-state index contributed by atoms with van der Waals surface area (Å²) in [4.78, 5) is 71.4. The molecule has 4 fully saturated rings. The smallest absolute Gasteiger partial charge is 0.319 e. The number of piperazine rings is 1. The number of aliphatic hydroxyl groups excluding tert-OH is 1. The van der Waals surface area contributed by atoms with E-state index in [4.69, 9.17) is 15.5 Å². The van der Waals surface area contributed by atoms with Gasteiger partial charge >= 0.3 is 6.01 Å². The number of β-amino-alcohol motifs (C(OH)–C–C–N with tert-alkyl or cyclic N) is 1. The molecule has 3 amide bonds. The van der Waals surface area contributed by atoms with Gasteiger partial charge in [0.1, 0.15) is 53.0 Å². The van der Waals surface area contributed by atoms with Crippen LogP contribution in [-0.4, -0.2) is 133 Å². The molecular weight excluding hydrogens is 979 g/mol. The van der Waals surface area contributed by atoms with E-state index >= 15 is 8.78 Å². The number of hydrogen-bond donors (Lipinski definition) is 5. The van der Waals surface area contributed by atoms with E-state index in [2.05, 4.69) is 45.7 Å². The maximum absolute atomic E-state index is 17.0. The molecule has 0 radical (unpaired) electrons. The summed E-state index contributed by atoms with van der Waals surface area (Å²) in [7, 11) is 0. The Balaban J connectivity index is 0.763. The van der Waals surface area contributed by atoms with E-state index in [0.29, 0.717) is 49.1 Å². The molecule has 4 aliphatic heterocycles. The van der Waals surface area contributed by atoms with Crippen LogP contribution in [0.25, 0.3) is 43.5 Å². The van der Waals surface area contributed by atoms with Crippen molar-refractivity contribution in [1.82, 2.24) is 50.7 Å². The maximum Gasteiger partial charge on any atom is 0.319 e. The molecule has 4 aliphatic rings. The number of amides is 3. The molecule has 75 heavy (non-hydrogen) atoms. The third-order valence-electron chi connectivity index (χ3n) is 15.3. The van der Waals surface area contributed by atoms with E-state index in [-0.39, 0.29) is 96.1 Å². The molecule has 396 valence electrons. The standard InChI is InChI=1S/C55H66F2N12O5S/c1-30(32-14-16-33(17-15-32)49-31(2)60-29-75-49)61-52(72)41-23-38(70)27-69(41)53(73)50(55(3,4)5)64-43(71)13-6-7-20-67-21-9-11-37(67)28-74-54-65-46-39(51(66-54)68-25-35-18-19-36(26-68)62-35)24-59-48(45(46)57)47-44-34(22-42(58)63-47)10-8-12-40(44)56/h8,10,12,14-17,22,24,29-30,35-38,41,50,62,70H,6-7,9,11,13,18-21,23,25-28H2,1-5H3,(H2,58,63)(H,61,72)(H,64,71)/t30-,35?,36?,37-,38+,41-,50+/m0/s1. The molecule has 2 bridgehead atoms. The normalized spacial score (nSPS) is 21.7. The summed E-state index contributed by atoms with van der Waals surface area (Å²) < 4.78 is 38.7. The molecule has 7 atom stereocenters. The molecule has 4 aromatic heterocycles. The van der Waals surface area contributed by atoms with Gasteiger partial charge in [0.05, 0.1) is 33.6 Å². The van der Waals surface area contributed by atoms with Crippen molar-refractivity contribution in [3.05, 3.63) is 83.1 Å². The number of aryl methyl sites for hydroxylation is 1. The quantitative estimate of drug-likeness (QED) is 0.0627. The van der Waals surface area contributed by atoms with Crippen molar-refractivity contribution < 1.29 is 33.0 Å². The minimum Gasteiger partial charge on any atom is -0.462 e. The first-order chi connectivity index (χ1) is 36.0. The summed E-state index contributed by atoms with van der Waals surface area (Å²) >= 11 is 1.57. The van der Waals surface area contributed by atoms with Crippen molar-refractivity contribution in [2.45, 2.75) is 128 Å². The van der Waals surface area contributed by atoms with Gasteiger partial charge in [0, 0.05) is 62.2 Å². The zero-order valence-corrected chi connectivity index (χ0v) is 43.9. The third kappa shape index (κ3) is 11.1. The Kier molecular flexibility index (Phi) is 15.0. The third-order valence-corrected chi connectivity index (χ3v) is 16.3. The highest BCUT2D eigenvalue weighted by Crippen LogP contribution is 2.37. The van der Waals surface area contributed by atoms with Gasteiger partial charge in [0.2, 0.25) is 17.7 Å². The molecule has 10 rings (SSSR count). The van der Waals surface area contributed by atoms with Crippen molar-refractivity contribution in [2.24, 2.45) is 5.41 Å². The SMILES string of the molecule is Cc1ncsc1-c1ccc([C@H](C)NC(=O)[C@@H]2C[C@@H](O)CN2C(=O)[C@@H](NC(=O)CCCCN2CCC[C@H]2COc2nc(N3CC4CCC(C3)N4)c3cnc(-c4nc(N)cc5cccc(F)c45)c(F)c3n2)C(C)(C)C)cc1. The number of halogens is 2. The van der Waals surface area contributed by atoms with Crippen LogP contribution in [0, 0.1) is 24.0 Å². The minimum atomic E-state index is -0.932. The molecule has 2 unspecified atom stereocenters. The highest BCUT2D eigenvalue weighted by molar-refractivity contribution is 7.13. The second-order valence-electron chi connectivity index (χ2n) is 21.8. The number of nitrogens with two attached hydrogens (primary N) is 1. The molecule has 2 aromatic carbocycles. The molecule has 6 N–H and O–H groups in total. The lowest BCUT2D eigenvalue weighted by molar-refractivity contribution is -0.144. The largest absolute Gasteiger partial charge is 0.462 e. The van der Waals surface area contributed by atoms with Crippen molar-refractivity contribution in [1.29, 1.82) is 0 Å². The van der Waals surface area contributed by atoms with E-state index in [1.807, 2.05) is 64.4 Å². The predicted molar refractivity (Wildman–Crippen MR) is 285 cm³/mol. The van der Waals surface area contributed by atoms with Gasteiger partial charge in [-0.05, 0) is 99.5 Å². The van der Waals surface area contributed by atoms with Crippen molar-refractivity contribution >= 4 is 62.4 Å². The molecule has 0 aliphatic carbocycles. The lowest BCUT2D eigenvalue weighted by Gasteiger charge is -2.35. The number of anilines is 2. The van der Waals surface area contributed by atoms with Crippen LogP contribution in [-0.2, 0) is 14.4 Å². The van der Waals surface area contributed by atoms with E-state index in [1.54, 1.807) is 29.5 Å². The first kappa shape index (κ1) is 52.0. The lowest BCUT2D eigenvalue weighted by Crippen LogP contribution is -2.57. The van der Waals surface area contributed by atoms with E-state index in [9.17, 15) is 19.5 Å². The minimum absolute atomic E-state index is 0.00857. The number of unbranched alkanes of at least 4 members (excludes halogenated alkanes) is 1. The Bertz CT molecular complexity index is 3090. The van der Waals surface area contributed by atoms with Crippen molar-refractivity contribution in [2.75, 3.05) is 50.0 Å². The molecule has 20 heteroatoms. The van der Waals surface area contributed by atoms with Gasteiger partial charge in [-0.3, -0.25) is 24.3 Å². The Labute approximate surface area is 439 Å². The highest BCUT2D eigenvalue weighted by Gasteiger charge is 2.45. The van der Waals surface area contributed by atoms with Gasteiger partial charge in [-0.15, -0.1) is 11.3 Å². The number of carbonyl (C=O) groups is 3. The number of hydrogen-bond acceptors (Lipinski definition) is 15. The van der Waals surface area contributed by atoms with Crippen LogP contribution in [0.2, 0.25) is 0 Å². The summed E-state index contributed by atoms with van der Waals surface area (Å²) in [6, 6.07) is 12.4. The van der Waals surface area contributed by atoms with E-state index in [1.165, 1.54) is 17.2 Å². The van der Waals surface area contributed by atoms with Gasteiger partial charge in [-0.25, -0.2) is 18.7 Å². The highest BCUT2D eigenvalue weighted by atomic mass is 32.1. The van der Waals surface area contributed by atoms with Gasteiger partial charge in [-0.1, -0.05) is 57.2 Å². The Hall–Kier alpha value is -6.48. The van der Waals surface area contributed by atoms with Crippen LogP contribution in [0.5, 0.6) is 6.01 Å². The second-order valence-corrected chi connectivity index (χ2v) is 22.6. The summed E-state index contributed by atoms with van der Waals surface area (Å²) in [5, 5.41) is 21.4. The number of aromatic nitrogens is 5. The first-order valence-electron chi connectivity index (χ1n) is 26.2. The Morgan fingerprint density at radius 1 is 0.973 bits per heavy atom. The number of nitrogens with zero attached hydrogens (tertiary/aromatic N) is 8. The average molecular weight is 1050 g/mol. The first-order valence-corrected chi connectivity index (χ1v) is 27.0. The second kappa shape index (κ2) is 21.6. The van der Waals surface area contributed by atoms with Gasteiger partial charge in [0.25, 0.3) is 0 Å². The van der Waals surface area contributed by atoms with Crippen LogP contribution in [0.15, 0.2) is 60.2 Å². The Morgan fingerprint density at radius 2 is 1.75 bits per heavy atom. The maximum atomic E-state index is 17.0. The Morgan fingerprint density at radius 3 is 2.48 bits per heavy atom.